The van der Waals surface area contributed by atoms with Crippen LogP contribution in [0.2, 0.25) is 0 Å². The minimum Gasteiger partial charge on any atom is -0.480 e. The van der Waals surface area contributed by atoms with Gasteiger partial charge < -0.3 is 20.5 Å². The molecule has 6 nitrogen and oxygen atoms in total. The van der Waals surface area contributed by atoms with Crippen molar-refractivity contribution >= 4 is 11.9 Å². The molecule has 0 aromatic heterocycles. The number of carbonyl (C=O) groups excluding carboxylic acids is 1. The Labute approximate surface area is 94.3 Å². The summed E-state index contributed by atoms with van der Waals surface area (Å²) >= 11 is 0. The smallest absolute Gasteiger partial charge is 0.326 e. The van der Waals surface area contributed by atoms with Crippen LogP contribution in [0.1, 0.15) is 19.8 Å². The lowest BCUT2D eigenvalue weighted by Gasteiger charge is -2.23. The van der Waals surface area contributed by atoms with Gasteiger partial charge in [-0.3, -0.25) is 4.79 Å². The van der Waals surface area contributed by atoms with Gasteiger partial charge in [0.1, 0.15) is 6.04 Å². The van der Waals surface area contributed by atoms with Gasteiger partial charge in [0.25, 0.3) is 0 Å². The van der Waals surface area contributed by atoms with E-state index in [1.807, 2.05) is 0 Å². The number of nitrogens with one attached hydrogen (secondary N) is 2. The highest BCUT2D eigenvalue weighted by Gasteiger charge is 2.21. The van der Waals surface area contributed by atoms with E-state index in [0.29, 0.717) is 19.6 Å². The van der Waals surface area contributed by atoms with E-state index >= 15 is 0 Å². The fourth-order valence-electron chi connectivity index (χ4n) is 1.55. The third-order valence-corrected chi connectivity index (χ3v) is 2.46. The zero-order chi connectivity index (χ0) is 12.0. The van der Waals surface area contributed by atoms with Crippen molar-refractivity contribution in [3.8, 4) is 0 Å². The van der Waals surface area contributed by atoms with Crippen LogP contribution >= 0.6 is 0 Å². The Kier molecular flexibility index (Phi) is 5.21. The maximum Gasteiger partial charge on any atom is 0.326 e. The van der Waals surface area contributed by atoms with Crippen LogP contribution < -0.4 is 10.6 Å². The van der Waals surface area contributed by atoms with Gasteiger partial charge in [0, 0.05) is 13.1 Å². The molecule has 0 saturated carbocycles. The summed E-state index contributed by atoms with van der Waals surface area (Å²) in [6.07, 6.45) is 0.432. The highest BCUT2D eigenvalue weighted by molar-refractivity contribution is 5.83. The normalized spacial score (nSPS) is 22.4. The van der Waals surface area contributed by atoms with Gasteiger partial charge in [0.2, 0.25) is 5.91 Å². The van der Waals surface area contributed by atoms with E-state index in [1.54, 1.807) is 6.92 Å². The first-order valence-corrected chi connectivity index (χ1v) is 5.48. The summed E-state index contributed by atoms with van der Waals surface area (Å²) in [6, 6.07) is -0.802. The number of carboxylic acid groups (broad SMARTS) is 1. The van der Waals surface area contributed by atoms with Crippen LogP contribution in [0.5, 0.6) is 0 Å². The minimum atomic E-state index is -1.00. The molecule has 1 aliphatic rings. The van der Waals surface area contributed by atoms with E-state index in [9.17, 15) is 9.59 Å². The van der Waals surface area contributed by atoms with Crippen LogP contribution in [-0.4, -0.2) is 48.8 Å². The van der Waals surface area contributed by atoms with Crippen LogP contribution in [-0.2, 0) is 14.3 Å². The van der Waals surface area contributed by atoms with Crippen LogP contribution in [0.15, 0.2) is 0 Å². The number of hydrogen-bond donors (Lipinski definition) is 3. The molecule has 1 heterocycles. The Balaban J connectivity index is 2.31. The number of aliphatic carboxylic acids is 1. The summed E-state index contributed by atoms with van der Waals surface area (Å²) < 4.78 is 5.35. The van der Waals surface area contributed by atoms with Crippen molar-refractivity contribution in [1.82, 2.24) is 10.6 Å². The molecule has 2 atom stereocenters. The number of amides is 1. The molecule has 0 aromatic rings. The van der Waals surface area contributed by atoms with E-state index < -0.39 is 12.0 Å². The van der Waals surface area contributed by atoms with Crippen molar-refractivity contribution in [3.05, 3.63) is 0 Å². The molecule has 1 saturated heterocycles. The maximum atomic E-state index is 11.5. The van der Waals surface area contributed by atoms with Crippen molar-refractivity contribution in [3.63, 3.8) is 0 Å². The van der Waals surface area contributed by atoms with Gasteiger partial charge in [-0.25, -0.2) is 4.79 Å². The van der Waals surface area contributed by atoms with Crippen LogP contribution in [0.25, 0.3) is 0 Å². The summed E-state index contributed by atoms with van der Waals surface area (Å²) in [7, 11) is 0. The first-order valence-electron chi connectivity index (χ1n) is 5.48. The number of hydrogen-bond acceptors (Lipinski definition) is 4. The van der Waals surface area contributed by atoms with Gasteiger partial charge in [-0.05, 0) is 6.42 Å². The van der Waals surface area contributed by atoms with Gasteiger partial charge in [0.15, 0.2) is 0 Å². The number of morpholine rings is 1. The molecular weight excluding hydrogens is 212 g/mol. The fourth-order valence-corrected chi connectivity index (χ4v) is 1.55. The molecule has 16 heavy (non-hydrogen) atoms. The van der Waals surface area contributed by atoms with Crippen LogP contribution in [0.4, 0.5) is 0 Å². The van der Waals surface area contributed by atoms with E-state index in [0.717, 1.165) is 6.54 Å². The van der Waals surface area contributed by atoms with Crippen LogP contribution in [0.3, 0.4) is 0 Å². The molecule has 1 amide bonds. The predicted molar refractivity (Wildman–Crippen MR) is 57.1 cm³/mol. The Morgan fingerprint density at radius 2 is 2.38 bits per heavy atom. The SMILES string of the molecule is CCC(NC(=O)CC1CNCCO1)C(=O)O. The van der Waals surface area contributed by atoms with Crippen LogP contribution in [0, 0.1) is 0 Å². The lowest BCUT2D eigenvalue weighted by Crippen LogP contribution is -2.45. The predicted octanol–water partition coefficient (Wildman–Crippen LogP) is -0.656. The molecule has 6 heteroatoms. The van der Waals surface area contributed by atoms with Gasteiger partial charge in [-0.2, -0.15) is 0 Å². The van der Waals surface area contributed by atoms with E-state index in [1.165, 1.54) is 0 Å². The molecule has 2 unspecified atom stereocenters. The second-order valence-electron chi connectivity index (χ2n) is 3.77. The fraction of sp³-hybridized carbons (Fsp3) is 0.800. The van der Waals surface area contributed by atoms with Gasteiger partial charge in [-0.15, -0.1) is 0 Å². The molecule has 0 aromatic carbocycles. The summed E-state index contributed by atoms with van der Waals surface area (Å²) in [6.45, 7) is 3.74. The molecule has 3 N–H and O–H groups in total. The molecule has 1 aliphatic heterocycles. The summed E-state index contributed by atoms with van der Waals surface area (Å²) in [5, 5.41) is 14.3. The lowest BCUT2D eigenvalue weighted by atomic mass is 10.2. The van der Waals surface area contributed by atoms with Gasteiger partial charge >= 0.3 is 5.97 Å². The first kappa shape index (κ1) is 12.9. The lowest BCUT2D eigenvalue weighted by molar-refractivity contribution is -0.142. The quantitative estimate of drug-likeness (QED) is 0.584. The second kappa shape index (κ2) is 6.44. The average Bonchev–Trinajstić information content (AvgIpc) is 2.27. The van der Waals surface area contributed by atoms with E-state index in [-0.39, 0.29) is 18.4 Å². The molecule has 1 rings (SSSR count). The number of ether oxygens (including phenoxy) is 1. The van der Waals surface area contributed by atoms with Gasteiger partial charge in [-0.1, -0.05) is 6.92 Å². The molecule has 0 spiro atoms. The highest BCUT2D eigenvalue weighted by atomic mass is 16.5. The summed E-state index contributed by atoms with van der Waals surface area (Å²) in [5.74, 6) is -1.28. The topological polar surface area (TPSA) is 87.7 Å². The van der Waals surface area contributed by atoms with Crippen molar-refractivity contribution in [1.29, 1.82) is 0 Å². The van der Waals surface area contributed by atoms with Gasteiger partial charge in [0.05, 0.1) is 19.1 Å². The zero-order valence-electron chi connectivity index (χ0n) is 9.36. The van der Waals surface area contributed by atoms with Crippen molar-refractivity contribution < 1.29 is 19.4 Å². The number of carbonyl (C=O) groups is 2. The molecular formula is C10H18N2O4. The molecule has 0 bridgehead atoms. The molecule has 1 fully saturated rings. The maximum absolute atomic E-state index is 11.5. The highest BCUT2D eigenvalue weighted by Crippen LogP contribution is 2.02. The Morgan fingerprint density at radius 3 is 2.88 bits per heavy atom. The number of carboxylic acids is 1. The molecule has 0 radical (unpaired) electrons. The summed E-state index contributed by atoms with van der Waals surface area (Å²) in [4.78, 5) is 22.2. The summed E-state index contributed by atoms with van der Waals surface area (Å²) in [5.41, 5.74) is 0. The van der Waals surface area contributed by atoms with E-state index in [4.69, 9.17) is 9.84 Å². The first-order chi connectivity index (χ1) is 7.63. The standard InChI is InChI=1S/C10H18N2O4/c1-2-8(10(14)15)12-9(13)5-7-6-11-3-4-16-7/h7-8,11H,2-6H2,1H3,(H,12,13)(H,14,15). The second-order valence-corrected chi connectivity index (χ2v) is 3.77. The van der Waals surface area contributed by atoms with Crippen molar-refractivity contribution in [2.75, 3.05) is 19.7 Å². The minimum absolute atomic E-state index is 0.153. The van der Waals surface area contributed by atoms with Crippen molar-refractivity contribution in [2.45, 2.75) is 31.9 Å². The largest absolute Gasteiger partial charge is 0.480 e. The molecule has 0 aliphatic carbocycles. The van der Waals surface area contributed by atoms with Crippen molar-refractivity contribution in [2.24, 2.45) is 0 Å². The third-order valence-electron chi connectivity index (χ3n) is 2.46. The Bertz CT molecular complexity index is 251. The average molecular weight is 230 g/mol. The number of rotatable bonds is 5. The zero-order valence-corrected chi connectivity index (χ0v) is 9.36. The monoisotopic (exact) mass is 230 g/mol. The van der Waals surface area contributed by atoms with E-state index in [2.05, 4.69) is 10.6 Å². The molecule has 92 valence electrons. The Hall–Kier alpha value is -1.14. The third kappa shape index (κ3) is 4.16. The Morgan fingerprint density at radius 1 is 1.62 bits per heavy atom.